The number of pyridine rings is 1. The van der Waals surface area contributed by atoms with E-state index in [1.54, 1.807) is 19.1 Å². The molecular weight excluding hydrogens is 307 g/mol. The molecule has 0 aliphatic carbocycles. The van der Waals surface area contributed by atoms with Gasteiger partial charge in [-0.1, -0.05) is 11.6 Å². The van der Waals surface area contributed by atoms with Crippen LogP contribution in [0.2, 0.25) is 5.02 Å². The predicted molar refractivity (Wildman–Crippen MR) is 73.3 cm³/mol. The van der Waals surface area contributed by atoms with Crippen LogP contribution in [0, 0.1) is 6.92 Å². The summed E-state index contributed by atoms with van der Waals surface area (Å²) in [5.74, 6) is 5.07. The zero-order chi connectivity index (χ0) is 15.6. The highest BCUT2D eigenvalue weighted by molar-refractivity contribution is 6.31. The highest BCUT2D eigenvalue weighted by Crippen LogP contribution is 2.34. The summed E-state index contributed by atoms with van der Waals surface area (Å²) in [6, 6.07) is 6.30. The number of alkyl halides is 3. The van der Waals surface area contributed by atoms with Gasteiger partial charge in [-0.2, -0.15) is 18.2 Å². The summed E-state index contributed by atoms with van der Waals surface area (Å²) in [5, 5.41) is 0.531. The number of halogens is 4. The van der Waals surface area contributed by atoms with Crippen LogP contribution in [0.3, 0.4) is 0 Å². The molecule has 0 atom stereocenters. The van der Waals surface area contributed by atoms with Crippen LogP contribution in [0.25, 0.3) is 0 Å². The van der Waals surface area contributed by atoms with Crippen molar-refractivity contribution in [1.82, 2.24) is 4.98 Å². The van der Waals surface area contributed by atoms with Gasteiger partial charge in [0.25, 0.3) is 0 Å². The molecule has 0 saturated carbocycles. The van der Waals surface area contributed by atoms with Gasteiger partial charge >= 0.3 is 6.18 Å². The van der Waals surface area contributed by atoms with Gasteiger partial charge < -0.3 is 10.2 Å². The quantitative estimate of drug-likeness (QED) is 0.660. The van der Waals surface area contributed by atoms with Crippen molar-refractivity contribution >= 4 is 17.4 Å². The van der Waals surface area contributed by atoms with Crippen molar-refractivity contribution in [2.45, 2.75) is 13.1 Å². The molecule has 3 N–H and O–H groups in total. The second kappa shape index (κ2) is 5.79. The smallest absolute Gasteiger partial charge is 0.416 e. The minimum Gasteiger partial charge on any atom is -0.439 e. The van der Waals surface area contributed by atoms with Crippen LogP contribution >= 0.6 is 11.6 Å². The Bertz CT molecular complexity index is 662. The molecule has 112 valence electrons. The monoisotopic (exact) mass is 317 g/mol. The third kappa shape index (κ3) is 3.77. The minimum atomic E-state index is -4.53. The molecule has 4 nitrogen and oxygen atoms in total. The van der Waals surface area contributed by atoms with Crippen LogP contribution in [0.5, 0.6) is 11.6 Å². The Morgan fingerprint density at radius 1 is 1.24 bits per heavy atom. The number of hydrazine groups is 1. The van der Waals surface area contributed by atoms with Crippen LogP contribution in [0.15, 0.2) is 30.3 Å². The highest BCUT2D eigenvalue weighted by Gasteiger charge is 2.32. The molecule has 0 aliphatic heterocycles. The lowest BCUT2D eigenvalue weighted by Gasteiger charge is -2.12. The van der Waals surface area contributed by atoms with Crippen molar-refractivity contribution in [3.8, 4) is 11.6 Å². The molecule has 0 spiro atoms. The SMILES string of the molecule is Cc1cc(Oc2cc(C(F)(F)F)cc(NN)n2)ccc1Cl. The maximum absolute atomic E-state index is 12.8. The molecule has 0 radical (unpaired) electrons. The molecule has 0 unspecified atom stereocenters. The molecule has 0 aliphatic rings. The van der Waals surface area contributed by atoms with Gasteiger partial charge in [-0.15, -0.1) is 0 Å². The zero-order valence-corrected chi connectivity index (χ0v) is 11.6. The summed E-state index contributed by atoms with van der Waals surface area (Å²) < 4.78 is 43.6. The lowest BCUT2D eigenvalue weighted by Crippen LogP contribution is -2.12. The first-order valence-corrected chi connectivity index (χ1v) is 6.17. The highest BCUT2D eigenvalue weighted by atomic mass is 35.5. The fourth-order valence-corrected chi connectivity index (χ4v) is 1.71. The summed E-state index contributed by atoms with van der Waals surface area (Å²) in [4.78, 5) is 3.82. The van der Waals surface area contributed by atoms with Crippen LogP contribution in [0.4, 0.5) is 19.0 Å². The molecule has 0 fully saturated rings. The number of aryl methyl sites for hydroxylation is 1. The molecule has 8 heteroatoms. The average Bonchev–Trinajstić information content (AvgIpc) is 2.41. The van der Waals surface area contributed by atoms with Crippen LogP contribution in [-0.2, 0) is 6.18 Å². The maximum atomic E-state index is 12.8. The molecule has 0 amide bonds. The number of hydrogen-bond acceptors (Lipinski definition) is 4. The van der Waals surface area contributed by atoms with Gasteiger partial charge in [0.15, 0.2) is 0 Å². The van der Waals surface area contributed by atoms with Gasteiger partial charge in [0.1, 0.15) is 11.6 Å². The molecular formula is C13H11ClF3N3O. The predicted octanol–water partition coefficient (Wildman–Crippen LogP) is 4.14. The summed E-state index contributed by atoms with van der Waals surface area (Å²) in [6.45, 7) is 1.75. The number of ether oxygens (including phenoxy) is 1. The van der Waals surface area contributed by atoms with Gasteiger partial charge in [0.2, 0.25) is 5.88 Å². The van der Waals surface area contributed by atoms with Gasteiger partial charge in [0.05, 0.1) is 5.56 Å². The van der Waals surface area contributed by atoms with Crippen LogP contribution in [0.1, 0.15) is 11.1 Å². The summed E-state index contributed by atoms with van der Waals surface area (Å²) in [6.07, 6.45) is -4.53. The summed E-state index contributed by atoms with van der Waals surface area (Å²) >= 11 is 5.87. The molecule has 2 aromatic rings. The Morgan fingerprint density at radius 2 is 1.95 bits per heavy atom. The third-order valence-electron chi connectivity index (χ3n) is 2.63. The van der Waals surface area contributed by atoms with Crippen LogP contribution < -0.4 is 16.0 Å². The van der Waals surface area contributed by atoms with Crippen molar-refractivity contribution in [3.05, 3.63) is 46.5 Å². The normalized spacial score (nSPS) is 11.3. The van der Waals surface area contributed by atoms with Crippen molar-refractivity contribution in [2.75, 3.05) is 5.43 Å². The summed E-state index contributed by atoms with van der Waals surface area (Å²) in [5.41, 5.74) is 1.90. The number of nitrogens with zero attached hydrogens (tertiary/aromatic N) is 1. The number of nitrogens with two attached hydrogens (primary N) is 1. The average molecular weight is 318 g/mol. The first-order valence-electron chi connectivity index (χ1n) is 5.79. The molecule has 0 saturated heterocycles. The summed E-state index contributed by atoms with van der Waals surface area (Å²) in [7, 11) is 0. The van der Waals surface area contributed by atoms with E-state index in [1.807, 2.05) is 0 Å². The number of anilines is 1. The second-order valence-electron chi connectivity index (χ2n) is 4.23. The molecule has 21 heavy (non-hydrogen) atoms. The molecule has 1 aromatic heterocycles. The minimum absolute atomic E-state index is 0.148. The van der Waals surface area contributed by atoms with Crippen molar-refractivity contribution in [3.63, 3.8) is 0 Å². The fraction of sp³-hybridized carbons (Fsp3) is 0.154. The van der Waals surface area contributed by atoms with Crippen molar-refractivity contribution in [2.24, 2.45) is 5.84 Å². The lowest BCUT2D eigenvalue weighted by atomic mass is 10.2. The molecule has 1 aromatic carbocycles. The number of nitrogen functional groups attached to an aromatic ring is 1. The largest absolute Gasteiger partial charge is 0.439 e. The van der Waals surface area contributed by atoms with Gasteiger partial charge in [-0.05, 0) is 36.8 Å². The van der Waals surface area contributed by atoms with Crippen LogP contribution in [-0.4, -0.2) is 4.98 Å². The first-order chi connectivity index (χ1) is 9.79. The maximum Gasteiger partial charge on any atom is 0.416 e. The standard InChI is InChI=1S/C13H11ClF3N3O/c1-7-4-9(2-3-10(7)14)21-12-6-8(13(15,16)17)5-11(19-12)20-18/h2-6H,18H2,1H3,(H,19,20). The van der Waals surface area contributed by atoms with Crippen molar-refractivity contribution in [1.29, 1.82) is 0 Å². The van der Waals surface area contributed by atoms with Gasteiger partial charge in [-0.25, -0.2) is 5.84 Å². The first kappa shape index (κ1) is 15.4. The van der Waals surface area contributed by atoms with E-state index in [2.05, 4.69) is 10.4 Å². The number of rotatable bonds is 3. The Hall–Kier alpha value is -1.99. The van der Waals surface area contributed by atoms with E-state index in [-0.39, 0.29) is 11.7 Å². The van der Waals surface area contributed by atoms with E-state index in [0.717, 1.165) is 17.7 Å². The second-order valence-corrected chi connectivity index (χ2v) is 4.64. The Morgan fingerprint density at radius 3 is 2.52 bits per heavy atom. The van der Waals surface area contributed by atoms with E-state index in [0.29, 0.717) is 10.8 Å². The fourth-order valence-electron chi connectivity index (χ4n) is 1.60. The molecule has 0 bridgehead atoms. The van der Waals surface area contributed by atoms with E-state index < -0.39 is 11.7 Å². The Kier molecular flexibility index (Phi) is 4.24. The number of hydrogen-bond donors (Lipinski definition) is 2. The van der Waals surface area contributed by atoms with E-state index in [9.17, 15) is 13.2 Å². The molecule has 2 rings (SSSR count). The Balaban J connectivity index is 2.36. The lowest BCUT2D eigenvalue weighted by molar-refractivity contribution is -0.137. The van der Waals surface area contributed by atoms with E-state index >= 15 is 0 Å². The third-order valence-corrected chi connectivity index (χ3v) is 3.05. The Labute approximate surface area is 123 Å². The number of benzene rings is 1. The molecule has 1 heterocycles. The van der Waals surface area contributed by atoms with E-state index in [4.69, 9.17) is 22.2 Å². The van der Waals surface area contributed by atoms with Gasteiger partial charge in [0, 0.05) is 11.1 Å². The topological polar surface area (TPSA) is 60.2 Å². The van der Waals surface area contributed by atoms with E-state index in [1.165, 1.54) is 6.07 Å². The zero-order valence-electron chi connectivity index (χ0n) is 10.8. The van der Waals surface area contributed by atoms with Crippen molar-refractivity contribution < 1.29 is 17.9 Å². The number of nitrogens with one attached hydrogen (secondary N) is 1. The number of aromatic nitrogens is 1. The van der Waals surface area contributed by atoms with Gasteiger partial charge in [-0.3, -0.25) is 0 Å².